The SMILES string of the molecule is CCC1C(CO)CCN1C(=O)NC1CCOC12CCOCC2. The number of hydrogen-bond donors (Lipinski definition) is 2. The lowest BCUT2D eigenvalue weighted by molar-refractivity contribution is -0.0873. The highest BCUT2D eigenvalue weighted by molar-refractivity contribution is 5.75. The van der Waals surface area contributed by atoms with Crippen LogP contribution < -0.4 is 5.32 Å². The molecule has 0 aromatic rings. The zero-order valence-corrected chi connectivity index (χ0v) is 13.4. The molecule has 2 amide bonds. The topological polar surface area (TPSA) is 71.0 Å². The van der Waals surface area contributed by atoms with Gasteiger partial charge in [-0.15, -0.1) is 0 Å². The molecule has 0 radical (unpaired) electrons. The predicted octanol–water partition coefficient (Wildman–Crippen LogP) is 1.13. The molecule has 3 unspecified atom stereocenters. The van der Waals surface area contributed by atoms with Crippen molar-refractivity contribution >= 4 is 6.03 Å². The summed E-state index contributed by atoms with van der Waals surface area (Å²) in [4.78, 5) is 14.6. The Bertz CT molecular complexity index is 398. The van der Waals surface area contributed by atoms with Gasteiger partial charge in [-0.25, -0.2) is 4.79 Å². The molecule has 0 saturated carbocycles. The zero-order chi connectivity index (χ0) is 15.6. The minimum atomic E-state index is -0.230. The van der Waals surface area contributed by atoms with E-state index < -0.39 is 0 Å². The van der Waals surface area contributed by atoms with Crippen LogP contribution in [0.2, 0.25) is 0 Å². The Balaban J connectivity index is 1.63. The van der Waals surface area contributed by atoms with E-state index in [1.807, 2.05) is 4.90 Å². The van der Waals surface area contributed by atoms with Crippen LogP contribution in [0.3, 0.4) is 0 Å². The molecule has 3 fully saturated rings. The van der Waals surface area contributed by atoms with Crippen molar-refractivity contribution in [1.82, 2.24) is 10.2 Å². The van der Waals surface area contributed by atoms with E-state index in [1.165, 1.54) is 0 Å². The Morgan fingerprint density at radius 1 is 1.32 bits per heavy atom. The number of amides is 2. The summed E-state index contributed by atoms with van der Waals surface area (Å²) in [5.41, 5.74) is -0.230. The molecule has 0 aromatic heterocycles. The Hall–Kier alpha value is -0.850. The Kier molecular flexibility index (Phi) is 4.90. The number of nitrogens with one attached hydrogen (secondary N) is 1. The summed E-state index contributed by atoms with van der Waals surface area (Å²) < 4.78 is 11.4. The second-order valence-electron chi connectivity index (χ2n) is 6.72. The lowest BCUT2D eigenvalue weighted by Gasteiger charge is -2.39. The van der Waals surface area contributed by atoms with E-state index in [0.717, 1.165) is 38.6 Å². The number of aliphatic hydroxyl groups excluding tert-OH is 1. The number of carbonyl (C=O) groups is 1. The highest BCUT2D eigenvalue weighted by atomic mass is 16.5. The largest absolute Gasteiger partial charge is 0.396 e. The molecule has 1 spiro atoms. The summed E-state index contributed by atoms with van der Waals surface area (Å²) in [6.07, 6.45) is 4.37. The molecule has 3 rings (SSSR count). The quantitative estimate of drug-likeness (QED) is 0.819. The summed E-state index contributed by atoms with van der Waals surface area (Å²) in [6.45, 7) is 5.11. The first-order valence-electron chi connectivity index (χ1n) is 8.60. The molecule has 3 heterocycles. The van der Waals surface area contributed by atoms with E-state index in [2.05, 4.69) is 12.2 Å². The second kappa shape index (κ2) is 6.72. The summed E-state index contributed by atoms with van der Waals surface area (Å²) >= 11 is 0. The fourth-order valence-electron chi connectivity index (χ4n) is 4.33. The van der Waals surface area contributed by atoms with Gasteiger partial charge in [0.05, 0.1) is 11.6 Å². The number of hydrogen-bond acceptors (Lipinski definition) is 4. The average molecular weight is 312 g/mol. The summed E-state index contributed by atoms with van der Waals surface area (Å²) in [5.74, 6) is 0.215. The monoisotopic (exact) mass is 312 g/mol. The van der Waals surface area contributed by atoms with Crippen LogP contribution in [-0.4, -0.2) is 66.7 Å². The maximum absolute atomic E-state index is 12.7. The number of carbonyl (C=O) groups excluding carboxylic acids is 1. The molecule has 0 bridgehead atoms. The molecule has 126 valence electrons. The maximum atomic E-state index is 12.7. The first-order valence-corrected chi connectivity index (χ1v) is 8.60. The van der Waals surface area contributed by atoms with E-state index in [0.29, 0.717) is 19.8 Å². The van der Waals surface area contributed by atoms with Crippen LogP contribution in [0.15, 0.2) is 0 Å². The van der Waals surface area contributed by atoms with Crippen LogP contribution in [-0.2, 0) is 9.47 Å². The van der Waals surface area contributed by atoms with Crippen molar-refractivity contribution < 1.29 is 19.4 Å². The molecule has 3 atom stereocenters. The highest BCUT2D eigenvalue weighted by Gasteiger charge is 2.47. The predicted molar refractivity (Wildman–Crippen MR) is 81.7 cm³/mol. The van der Waals surface area contributed by atoms with Crippen molar-refractivity contribution in [2.24, 2.45) is 5.92 Å². The van der Waals surface area contributed by atoms with Gasteiger partial charge in [-0.1, -0.05) is 6.92 Å². The fraction of sp³-hybridized carbons (Fsp3) is 0.938. The zero-order valence-electron chi connectivity index (χ0n) is 13.4. The molecule has 2 N–H and O–H groups in total. The number of rotatable bonds is 3. The normalized spacial score (nSPS) is 34.3. The number of likely N-dealkylation sites (tertiary alicyclic amines) is 1. The van der Waals surface area contributed by atoms with Crippen molar-refractivity contribution in [2.45, 2.75) is 56.7 Å². The molecule has 6 nitrogen and oxygen atoms in total. The van der Waals surface area contributed by atoms with Gasteiger partial charge in [-0.3, -0.25) is 0 Å². The first kappa shape index (κ1) is 16.0. The van der Waals surface area contributed by atoms with Gasteiger partial charge in [-0.05, 0) is 19.3 Å². The van der Waals surface area contributed by atoms with E-state index in [-0.39, 0.29) is 36.2 Å². The van der Waals surface area contributed by atoms with Crippen LogP contribution in [0.4, 0.5) is 4.79 Å². The van der Waals surface area contributed by atoms with Crippen molar-refractivity contribution in [3.8, 4) is 0 Å². The van der Waals surface area contributed by atoms with Gasteiger partial charge in [0.1, 0.15) is 0 Å². The third-order valence-corrected chi connectivity index (χ3v) is 5.67. The number of ether oxygens (including phenoxy) is 2. The van der Waals surface area contributed by atoms with E-state index >= 15 is 0 Å². The third kappa shape index (κ3) is 2.84. The summed E-state index contributed by atoms with van der Waals surface area (Å²) in [5, 5.41) is 12.7. The van der Waals surface area contributed by atoms with Gasteiger partial charge < -0.3 is 24.8 Å². The molecular formula is C16H28N2O4. The van der Waals surface area contributed by atoms with Gasteiger partial charge in [-0.2, -0.15) is 0 Å². The van der Waals surface area contributed by atoms with Gasteiger partial charge in [0.15, 0.2) is 0 Å². The fourth-order valence-corrected chi connectivity index (χ4v) is 4.33. The van der Waals surface area contributed by atoms with Crippen LogP contribution in [0.5, 0.6) is 0 Å². The minimum Gasteiger partial charge on any atom is -0.396 e. The molecular weight excluding hydrogens is 284 g/mol. The standard InChI is InChI=1S/C16H28N2O4/c1-2-13-12(11-19)3-7-18(13)15(20)17-14-4-8-22-16(14)5-9-21-10-6-16/h12-14,19H,2-11H2,1H3,(H,17,20). The molecule has 0 aliphatic carbocycles. The lowest BCUT2D eigenvalue weighted by atomic mass is 9.86. The van der Waals surface area contributed by atoms with Gasteiger partial charge in [0.25, 0.3) is 0 Å². The average Bonchev–Trinajstić information content (AvgIpc) is 3.12. The molecule has 6 heteroatoms. The Morgan fingerprint density at radius 2 is 2.09 bits per heavy atom. The number of urea groups is 1. The van der Waals surface area contributed by atoms with Crippen LogP contribution in [0, 0.1) is 5.92 Å². The van der Waals surface area contributed by atoms with Crippen molar-refractivity contribution in [3.63, 3.8) is 0 Å². The van der Waals surface area contributed by atoms with Gasteiger partial charge in [0.2, 0.25) is 0 Å². The molecule has 22 heavy (non-hydrogen) atoms. The lowest BCUT2D eigenvalue weighted by Crippen LogP contribution is -2.56. The Labute approximate surface area is 132 Å². The van der Waals surface area contributed by atoms with Crippen LogP contribution in [0.25, 0.3) is 0 Å². The maximum Gasteiger partial charge on any atom is 0.317 e. The molecule has 0 aromatic carbocycles. The van der Waals surface area contributed by atoms with E-state index in [9.17, 15) is 9.90 Å². The molecule has 3 saturated heterocycles. The van der Waals surface area contributed by atoms with Crippen molar-refractivity contribution in [1.29, 1.82) is 0 Å². The van der Waals surface area contributed by atoms with E-state index in [1.54, 1.807) is 0 Å². The van der Waals surface area contributed by atoms with E-state index in [4.69, 9.17) is 9.47 Å². The third-order valence-electron chi connectivity index (χ3n) is 5.67. The van der Waals surface area contributed by atoms with Crippen molar-refractivity contribution in [3.05, 3.63) is 0 Å². The Morgan fingerprint density at radius 3 is 2.77 bits per heavy atom. The summed E-state index contributed by atoms with van der Waals surface area (Å²) in [7, 11) is 0. The number of aliphatic hydroxyl groups is 1. The highest BCUT2D eigenvalue weighted by Crippen LogP contribution is 2.36. The molecule has 3 aliphatic heterocycles. The van der Waals surface area contributed by atoms with Crippen LogP contribution >= 0.6 is 0 Å². The van der Waals surface area contributed by atoms with Gasteiger partial charge in [0, 0.05) is 57.8 Å². The van der Waals surface area contributed by atoms with Crippen molar-refractivity contribution in [2.75, 3.05) is 33.0 Å². The minimum absolute atomic E-state index is 0.00386. The smallest absolute Gasteiger partial charge is 0.317 e. The molecule has 3 aliphatic rings. The second-order valence-corrected chi connectivity index (χ2v) is 6.72. The first-order chi connectivity index (χ1) is 10.7. The van der Waals surface area contributed by atoms with Crippen LogP contribution in [0.1, 0.15) is 39.0 Å². The summed E-state index contributed by atoms with van der Waals surface area (Å²) in [6, 6.07) is 0.233. The number of nitrogens with zero attached hydrogens (tertiary/aromatic N) is 1. The van der Waals surface area contributed by atoms with Gasteiger partial charge >= 0.3 is 6.03 Å².